The average Bonchev–Trinajstić information content (AvgIpc) is 2.31. The topological polar surface area (TPSA) is 25.8 Å². The largest absolute Gasteiger partial charge is 0.263 e. The minimum atomic E-state index is 0.955. The molecule has 0 amide bonds. The highest BCUT2D eigenvalue weighted by atomic mass is 14.7. The molecule has 0 N–H and O–H groups in total. The zero-order valence-corrected chi connectivity index (χ0v) is 8.59. The first-order valence-corrected chi connectivity index (χ1v) is 4.89. The van der Waals surface area contributed by atoms with Crippen molar-refractivity contribution in [3.8, 4) is 11.3 Å². The van der Waals surface area contributed by atoms with Crippen LogP contribution < -0.4 is 0 Å². The summed E-state index contributed by atoms with van der Waals surface area (Å²) >= 11 is 0. The van der Waals surface area contributed by atoms with E-state index in [1.807, 2.05) is 49.7 Å². The molecule has 0 aliphatic rings. The summed E-state index contributed by atoms with van der Waals surface area (Å²) in [5.41, 5.74) is 3.10. The molecule has 0 atom stereocenters. The van der Waals surface area contributed by atoms with Crippen LogP contribution in [0.15, 0.2) is 48.9 Å². The molecule has 0 bridgehead atoms. The summed E-state index contributed by atoms with van der Waals surface area (Å²) in [4.78, 5) is 8.47. The van der Waals surface area contributed by atoms with Crippen LogP contribution in [0.1, 0.15) is 12.5 Å². The van der Waals surface area contributed by atoms with Crippen molar-refractivity contribution >= 4 is 6.08 Å². The SMILES string of the molecule is C/C=C/c1cncc(-c2ccccn2)c1. The summed E-state index contributed by atoms with van der Waals surface area (Å²) in [5, 5.41) is 0. The van der Waals surface area contributed by atoms with E-state index in [1.54, 1.807) is 6.20 Å². The fraction of sp³-hybridized carbons (Fsp3) is 0.0769. The van der Waals surface area contributed by atoms with E-state index in [1.165, 1.54) is 0 Å². The summed E-state index contributed by atoms with van der Waals surface area (Å²) in [6, 6.07) is 7.95. The summed E-state index contributed by atoms with van der Waals surface area (Å²) in [6.45, 7) is 1.99. The van der Waals surface area contributed by atoms with Crippen LogP contribution in [-0.4, -0.2) is 9.97 Å². The van der Waals surface area contributed by atoms with Gasteiger partial charge in [-0.25, -0.2) is 0 Å². The molecule has 2 rings (SSSR count). The fourth-order valence-corrected chi connectivity index (χ4v) is 1.41. The minimum absolute atomic E-state index is 0.955. The first-order chi connectivity index (χ1) is 7.40. The first-order valence-electron chi connectivity index (χ1n) is 4.89. The highest BCUT2D eigenvalue weighted by Gasteiger charge is 1.98. The molecular formula is C13H12N2. The highest BCUT2D eigenvalue weighted by Crippen LogP contribution is 2.16. The van der Waals surface area contributed by atoms with Crippen LogP contribution in [0, 0.1) is 0 Å². The van der Waals surface area contributed by atoms with Crippen LogP contribution in [0.3, 0.4) is 0 Å². The van der Waals surface area contributed by atoms with Crippen LogP contribution in [0.4, 0.5) is 0 Å². The van der Waals surface area contributed by atoms with Gasteiger partial charge < -0.3 is 0 Å². The maximum absolute atomic E-state index is 4.29. The van der Waals surface area contributed by atoms with Crippen molar-refractivity contribution in [1.29, 1.82) is 0 Å². The van der Waals surface area contributed by atoms with Crippen LogP contribution >= 0.6 is 0 Å². The smallest absolute Gasteiger partial charge is 0.0717 e. The van der Waals surface area contributed by atoms with Crippen LogP contribution in [0.25, 0.3) is 17.3 Å². The van der Waals surface area contributed by atoms with Crippen LogP contribution in [0.5, 0.6) is 0 Å². The van der Waals surface area contributed by atoms with Crippen LogP contribution in [-0.2, 0) is 0 Å². The Morgan fingerprint density at radius 3 is 2.87 bits per heavy atom. The van der Waals surface area contributed by atoms with Crippen molar-refractivity contribution in [2.24, 2.45) is 0 Å². The monoisotopic (exact) mass is 196 g/mol. The molecule has 0 radical (unpaired) electrons. The van der Waals surface area contributed by atoms with E-state index in [0.29, 0.717) is 0 Å². The molecule has 2 heterocycles. The van der Waals surface area contributed by atoms with Gasteiger partial charge in [0, 0.05) is 24.2 Å². The molecule has 74 valence electrons. The minimum Gasteiger partial charge on any atom is -0.263 e. The predicted octanol–water partition coefficient (Wildman–Crippen LogP) is 3.18. The molecular weight excluding hydrogens is 184 g/mol. The Morgan fingerprint density at radius 2 is 2.13 bits per heavy atom. The van der Waals surface area contributed by atoms with Crippen molar-refractivity contribution in [3.05, 3.63) is 54.5 Å². The van der Waals surface area contributed by atoms with E-state index in [4.69, 9.17) is 0 Å². The first kappa shape index (κ1) is 9.59. The van der Waals surface area contributed by atoms with Gasteiger partial charge in [-0.1, -0.05) is 18.2 Å². The standard InChI is InChI=1S/C13H12N2/c1-2-5-11-8-12(10-14-9-11)13-6-3-4-7-15-13/h2-10H,1H3/b5-2+. The molecule has 2 aromatic heterocycles. The number of pyridine rings is 2. The third-order valence-corrected chi connectivity index (χ3v) is 2.08. The van der Waals surface area contributed by atoms with Gasteiger partial charge in [-0.3, -0.25) is 9.97 Å². The maximum atomic E-state index is 4.29. The van der Waals surface area contributed by atoms with E-state index in [0.717, 1.165) is 16.8 Å². The lowest BCUT2D eigenvalue weighted by molar-refractivity contribution is 1.27. The molecule has 2 heteroatoms. The number of nitrogens with zero attached hydrogens (tertiary/aromatic N) is 2. The van der Waals surface area contributed by atoms with Gasteiger partial charge in [0.05, 0.1) is 5.69 Å². The van der Waals surface area contributed by atoms with Gasteiger partial charge in [-0.15, -0.1) is 0 Å². The molecule has 2 nitrogen and oxygen atoms in total. The van der Waals surface area contributed by atoms with Gasteiger partial charge >= 0.3 is 0 Å². The molecule has 0 aliphatic heterocycles. The Kier molecular flexibility index (Phi) is 2.88. The van der Waals surface area contributed by atoms with E-state index in [-0.39, 0.29) is 0 Å². The lowest BCUT2D eigenvalue weighted by Gasteiger charge is -2.00. The van der Waals surface area contributed by atoms with Crippen molar-refractivity contribution in [2.75, 3.05) is 0 Å². The third-order valence-electron chi connectivity index (χ3n) is 2.08. The maximum Gasteiger partial charge on any atom is 0.0717 e. The van der Waals surface area contributed by atoms with Crippen molar-refractivity contribution in [3.63, 3.8) is 0 Å². The van der Waals surface area contributed by atoms with Crippen molar-refractivity contribution < 1.29 is 0 Å². The highest BCUT2D eigenvalue weighted by molar-refractivity contribution is 5.62. The molecule has 0 aromatic carbocycles. The Morgan fingerprint density at radius 1 is 1.20 bits per heavy atom. The summed E-state index contributed by atoms with van der Waals surface area (Å²) in [5.74, 6) is 0. The summed E-state index contributed by atoms with van der Waals surface area (Å²) in [7, 11) is 0. The molecule has 2 aromatic rings. The number of allylic oxidation sites excluding steroid dienone is 1. The number of rotatable bonds is 2. The van der Waals surface area contributed by atoms with Gasteiger partial charge in [-0.05, 0) is 30.7 Å². The second-order valence-corrected chi connectivity index (χ2v) is 3.22. The van der Waals surface area contributed by atoms with E-state index < -0.39 is 0 Å². The summed E-state index contributed by atoms with van der Waals surface area (Å²) < 4.78 is 0. The Balaban J connectivity index is 2.41. The zero-order chi connectivity index (χ0) is 10.5. The molecule has 15 heavy (non-hydrogen) atoms. The van der Waals surface area contributed by atoms with Gasteiger partial charge in [-0.2, -0.15) is 0 Å². The molecule has 0 saturated heterocycles. The van der Waals surface area contributed by atoms with Crippen molar-refractivity contribution in [1.82, 2.24) is 9.97 Å². The number of aromatic nitrogens is 2. The average molecular weight is 196 g/mol. The Bertz CT molecular complexity index is 461. The second kappa shape index (κ2) is 4.51. The molecule has 0 unspecified atom stereocenters. The lowest BCUT2D eigenvalue weighted by atomic mass is 10.1. The molecule has 0 aliphatic carbocycles. The van der Waals surface area contributed by atoms with E-state index in [9.17, 15) is 0 Å². The predicted molar refractivity (Wildman–Crippen MR) is 62.2 cm³/mol. The lowest BCUT2D eigenvalue weighted by Crippen LogP contribution is -1.84. The number of hydrogen-bond donors (Lipinski definition) is 0. The van der Waals surface area contributed by atoms with Gasteiger partial charge in [0.1, 0.15) is 0 Å². The molecule has 0 spiro atoms. The van der Waals surface area contributed by atoms with Gasteiger partial charge in [0.2, 0.25) is 0 Å². The Labute approximate surface area is 89.3 Å². The number of hydrogen-bond acceptors (Lipinski definition) is 2. The molecule has 0 saturated carbocycles. The van der Waals surface area contributed by atoms with E-state index in [2.05, 4.69) is 16.0 Å². The third kappa shape index (κ3) is 2.29. The normalized spacial score (nSPS) is 10.7. The zero-order valence-electron chi connectivity index (χ0n) is 8.59. The molecule has 0 fully saturated rings. The van der Waals surface area contributed by atoms with Gasteiger partial charge in [0.25, 0.3) is 0 Å². The van der Waals surface area contributed by atoms with E-state index >= 15 is 0 Å². The fourth-order valence-electron chi connectivity index (χ4n) is 1.41. The second-order valence-electron chi connectivity index (χ2n) is 3.22. The summed E-state index contributed by atoms with van der Waals surface area (Å²) in [6.07, 6.45) is 9.48. The van der Waals surface area contributed by atoms with Gasteiger partial charge in [0.15, 0.2) is 0 Å². The van der Waals surface area contributed by atoms with Crippen LogP contribution in [0.2, 0.25) is 0 Å². The Hall–Kier alpha value is -1.96. The van der Waals surface area contributed by atoms with Crippen molar-refractivity contribution in [2.45, 2.75) is 6.92 Å². The quantitative estimate of drug-likeness (QED) is 0.737.